The third kappa shape index (κ3) is 1.62. The molecule has 0 aliphatic carbocycles. The van der Waals surface area contributed by atoms with Gasteiger partial charge in [0.05, 0.1) is 17.2 Å². The van der Waals surface area contributed by atoms with Crippen molar-refractivity contribution >= 4 is 44.0 Å². The van der Waals surface area contributed by atoms with Crippen LogP contribution < -0.4 is 0 Å². The highest BCUT2D eigenvalue weighted by Crippen LogP contribution is 2.31. The van der Waals surface area contributed by atoms with Crippen LogP contribution in [0.5, 0.6) is 0 Å². The Morgan fingerprint density at radius 3 is 2.93 bits per heavy atom. The zero-order valence-electron chi connectivity index (χ0n) is 7.05. The Labute approximate surface area is 98.3 Å². The minimum atomic E-state index is -0.199. The fourth-order valence-corrected chi connectivity index (χ4v) is 3.08. The van der Waals surface area contributed by atoms with Gasteiger partial charge in [-0.15, -0.1) is 11.3 Å². The van der Waals surface area contributed by atoms with Crippen LogP contribution >= 0.6 is 33.9 Å². The molecule has 0 spiro atoms. The molecule has 14 heavy (non-hydrogen) atoms. The van der Waals surface area contributed by atoms with E-state index in [1.54, 1.807) is 6.07 Å². The van der Waals surface area contributed by atoms with Crippen molar-refractivity contribution in [3.8, 4) is 6.07 Å². The Hall–Kier alpha value is -0.670. The minimum Gasteiger partial charge on any atom is -0.205 e. The number of hydrogen-bond acceptors (Lipinski definition) is 2. The molecule has 70 valence electrons. The first-order valence-corrected chi connectivity index (χ1v) is 5.85. The van der Waals surface area contributed by atoms with Crippen molar-refractivity contribution < 1.29 is 4.39 Å². The first-order chi connectivity index (χ1) is 6.72. The lowest BCUT2D eigenvalue weighted by Crippen LogP contribution is -1.76. The summed E-state index contributed by atoms with van der Waals surface area (Å²) in [7, 11) is 0. The molecule has 1 heterocycles. The van der Waals surface area contributed by atoms with E-state index in [-0.39, 0.29) is 5.82 Å². The summed E-state index contributed by atoms with van der Waals surface area (Å²) < 4.78 is 15.0. The normalized spacial score (nSPS) is 10.4. The van der Waals surface area contributed by atoms with E-state index in [1.807, 2.05) is 6.07 Å². The predicted octanol–water partition coefficient (Wildman–Crippen LogP) is 3.71. The molecule has 0 aliphatic heterocycles. The van der Waals surface area contributed by atoms with Gasteiger partial charge in [0.2, 0.25) is 0 Å². The maximum absolute atomic E-state index is 13.3. The van der Waals surface area contributed by atoms with Crippen molar-refractivity contribution in [3.63, 3.8) is 0 Å². The molecule has 0 bridgehead atoms. The van der Waals surface area contributed by atoms with E-state index in [1.165, 1.54) is 17.4 Å². The van der Waals surface area contributed by atoms with Crippen LogP contribution in [0.3, 0.4) is 0 Å². The first-order valence-electron chi connectivity index (χ1n) is 3.95. The van der Waals surface area contributed by atoms with E-state index in [4.69, 9.17) is 5.26 Å². The van der Waals surface area contributed by atoms with Crippen LogP contribution in [0.1, 0.15) is 4.88 Å². The van der Waals surface area contributed by atoms with E-state index in [0.29, 0.717) is 11.1 Å². The zero-order valence-corrected chi connectivity index (χ0v) is 10.0. The highest BCUT2D eigenvalue weighted by atomic mass is 127. The molecule has 0 aliphatic rings. The number of benzene rings is 1. The molecular weight excluding hydrogens is 312 g/mol. The molecule has 0 saturated carbocycles. The summed E-state index contributed by atoms with van der Waals surface area (Å²) in [6.07, 6.45) is 0.356. The van der Waals surface area contributed by atoms with Gasteiger partial charge in [0.1, 0.15) is 5.82 Å². The average Bonchev–Trinajstić information content (AvgIpc) is 2.57. The number of nitrogens with zero attached hydrogens (tertiary/aromatic N) is 1. The fourth-order valence-electron chi connectivity index (χ4n) is 1.27. The van der Waals surface area contributed by atoms with Crippen LogP contribution in [-0.2, 0) is 6.42 Å². The largest absolute Gasteiger partial charge is 0.205 e. The molecule has 0 amide bonds. The molecular formula is C10H5FINS. The summed E-state index contributed by atoms with van der Waals surface area (Å²) in [6.45, 7) is 0. The highest BCUT2D eigenvalue weighted by Gasteiger charge is 2.08. The van der Waals surface area contributed by atoms with Gasteiger partial charge in [-0.1, -0.05) is 0 Å². The number of rotatable bonds is 1. The number of thiophene rings is 1. The Morgan fingerprint density at radius 1 is 1.50 bits per heavy atom. The number of nitriles is 1. The third-order valence-electron chi connectivity index (χ3n) is 1.89. The molecule has 0 atom stereocenters. The highest BCUT2D eigenvalue weighted by molar-refractivity contribution is 14.1. The maximum atomic E-state index is 13.3. The van der Waals surface area contributed by atoms with Gasteiger partial charge < -0.3 is 0 Å². The van der Waals surface area contributed by atoms with Crippen molar-refractivity contribution in [1.82, 2.24) is 0 Å². The van der Waals surface area contributed by atoms with Crippen LogP contribution in [-0.4, -0.2) is 0 Å². The molecule has 0 radical (unpaired) electrons. The lowest BCUT2D eigenvalue weighted by molar-refractivity contribution is 0.641. The summed E-state index contributed by atoms with van der Waals surface area (Å²) in [5.41, 5.74) is 0. The minimum absolute atomic E-state index is 0.199. The smallest absolute Gasteiger partial charge is 0.141 e. The van der Waals surface area contributed by atoms with Gasteiger partial charge in [-0.05, 0) is 40.8 Å². The third-order valence-corrected chi connectivity index (χ3v) is 3.97. The Bertz CT molecular complexity index is 488. The average molecular weight is 317 g/mol. The topological polar surface area (TPSA) is 23.8 Å². The van der Waals surface area contributed by atoms with Gasteiger partial charge in [0.25, 0.3) is 0 Å². The van der Waals surface area contributed by atoms with Crippen molar-refractivity contribution in [1.29, 1.82) is 5.26 Å². The van der Waals surface area contributed by atoms with Crippen molar-refractivity contribution in [2.45, 2.75) is 6.42 Å². The second-order valence-electron chi connectivity index (χ2n) is 2.82. The maximum Gasteiger partial charge on any atom is 0.141 e. The van der Waals surface area contributed by atoms with Crippen molar-refractivity contribution in [2.75, 3.05) is 0 Å². The van der Waals surface area contributed by atoms with Gasteiger partial charge >= 0.3 is 0 Å². The van der Waals surface area contributed by atoms with Crippen LogP contribution in [0.4, 0.5) is 4.39 Å². The summed E-state index contributed by atoms with van der Waals surface area (Å²) in [5, 5.41) is 9.46. The molecule has 2 aromatic rings. The van der Waals surface area contributed by atoms with Crippen LogP contribution in [0.2, 0.25) is 0 Å². The molecule has 0 N–H and O–H groups in total. The molecule has 4 heteroatoms. The lowest BCUT2D eigenvalue weighted by Gasteiger charge is -1.93. The second-order valence-corrected chi connectivity index (χ2v) is 5.12. The standard InChI is InChI=1S/C10H5FINS/c11-8-1-2-9(12)7-5-6(3-4-13)14-10(7)8/h1-2,5H,3H2. The van der Waals surface area contributed by atoms with Crippen LogP contribution in [0.15, 0.2) is 18.2 Å². The van der Waals surface area contributed by atoms with E-state index < -0.39 is 0 Å². The van der Waals surface area contributed by atoms with Gasteiger partial charge in [-0.3, -0.25) is 0 Å². The number of halogens is 2. The van der Waals surface area contributed by atoms with Crippen LogP contribution in [0.25, 0.3) is 10.1 Å². The SMILES string of the molecule is N#CCc1cc2c(I)ccc(F)c2s1. The summed E-state index contributed by atoms with van der Waals surface area (Å²) in [6, 6.07) is 7.19. The molecule has 0 fully saturated rings. The Morgan fingerprint density at radius 2 is 2.29 bits per heavy atom. The molecule has 1 aromatic carbocycles. The molecule has 2 rings (SSSR count). The molecule has 0 unspecified atom stereocenters. The summed E-state index contributed by atoms with van der Waals surface area (Å²) in [4.78, 5) is 0.922. The molecule has 1 aromatic heterocycles. The first kappa shape index (κ1) is 9.87. The lowest BCUT2D eigenvalue weighted by atomic mass is 10.2. The van der Waals surface area contributed by atoms with E-state index in [9.17, 15) is 4.39 Å². The Balaban J connectivity index is 2.70. The van der Waals surface area contributed by atoms with E-state index in [0.717, 1.165) is 13.8 Å². The van der Waals surface area contributed by atoms with E-state index >= 15 is 0 Å². The predicted molar refractivity (Wildman–Crippen MR) is 63.8 cm³/mol. The van der Waals surface area contributed by atoms with Gasteiger partial charge in [-0.25, -0.2) is 4.39 Å². The molecule has 1 nitrogen and oxygen atoms in total. The number of hydrogen-bond donors (Lipinski definition) is 0. The van der Waals surface area contributed by atoms with Crippen molar-refractivity contribution in [2.24, 2.45) is 0 Å². The van der Waals surface area contributed by atoms with Gasteiger partial charge in [-0.2, -0.15) is 5.26 Å². The second kappa shape index (κ2) is 3.83. The zero-order chi connectivity index (χ0) is 10.1. The molecule has 0 saturated heterocycles. The van der Waals surface area contributed by atoms with E-state index in [2.05, 4.69) is 28.7 Å². The van der Waals surface area contributed by atoms with Crippen molar-refractivity contribution in [3.05, 3.63) is 32.5 Å². The van der Waals surface area contributed by atoms with Crippen LogP contribution in [0, 0.1) is 20.7 Å². The fraction of sp³-hybridized carbons (Fsp3) is 0.100. The quantitative estimate of drug-likeness (QED) is 0.736. The van der Waals surface area contributed by atoms with Gasteiger partial charge in [0.15, 0.2) is 0 Å². The summed E-state index contributed by atoms with van der Waals surface area (Å²) >= 11 is 3.53. The summed E-state index contributed by atoms with van der Waals surface area (Å²) in [5.74, 6) is -0.199. The van der Waals surface area contributed by atoms with Gasteiger partial charge in [0, 0.05) is 13.8 Å². The monoisotopic (exact) mass is 317 g/mol. The Kier molecular flexibility index (Phi) is 2.70. The number of fused-ring (bicyclic) bond motifs is 1.